The largest absolute Gasteiger partial charge is 0.275 e. The lowest BCUT2D eigenvalue weighted by atomic mass is 10.0. The lowest BCUT2D eigenvalue weighted by Gasteiger charge is -2.04. The van der Waals surface area contributed by atoms with Gasteiger partial charge in [0.2, 0.25) is 0 Å². The van der Waals surface area contributed by atoms with Crippen molar-refractivity contribution in [2.45, 2.75) is 31.1 Å². The average Bonchev–Trinajstić information content (AvgIpc) is 2.95. The molecule has 2 aromatic carbocycles. The monoisotopic (exact) mass is 398 g/mol. The molecular formula is C22H23ClN2OS. The normalized spacial score (nSPS) is 15.5. The van der Waals surface area contributed by atoms with Gasteiger partial charge in [0.25, 0.3) is 5.91 Å². The van der Waals surface area contributed by atoms with Crippen LogP contribution < -0.4 is 0 Å². The molecule has 0 fully saturated rings. The maximum atomic E-state index is 12.5. The van der Waals surface area contributed by atoms with E-state index in [2.05, 4.69) is 36.3 Å². The summed E-state index contributed by atoms with van der Waals surface area (Å²) in [6, 6.07) is 16.1. The minimum Gasteiger partial charge on any atom is -0.267 e. The molecule has 0 atom stereocenters. The molecule has 0 unspecified atom stereocenters. The molecule has 0 radical (unpaired) electrons. The SMILES string of the molecule is CCCCc1ccc(/C=C2/C(=O)N(C)N=C2CSc2ccc(Cl)cc2)cc1. The van der Waals surface area contributed by atoms with Crippen LogP contribution in [0, 0.1) is 0 Å². The van der Waals surface area contributed by atoms with Crippen LogP contribution in [0.3, 0.4) is 0 Å². The van der Waals surface area contributed by atoms with E-state index in [-0.39, 0.29) is 5.91 Å². The van der Waals surface area contributed by atoms with Crippen LogP contribution in [0.15, 0.2) is 64.1 Å². The molecule has 140 valence electrons. The number of hydrogen-bond acceptors (Lipinski definition) is 3. The number of thioether (sulfide) groups is 1. The van der Waals surface area contributed by atoms with Gasteiger partial charge in [0.15, 0.2) is 0 Å². The first-order valence-electron chi connectivity index (χ1n) is 9.11. The molecule has 3 nitrogen and oxygen atoms in total. The summed E-state index contributed by atoms with van der Waals surface area (Å²) >= 11 is 7.58. The van der Waals surface area contributed by atoms with Crippen LogP contribution in [0.2, 0.25) is 5.02 Å². The summed E-state index contributed by atoms with van der Waals surface area (Å²) in [7, 11) is 1.70. The Morgan fingerprint density at radius 3 is 2.48 bits per heavy atom. The third-order valence-electron chi connectivity index (χ3n) is 4.40. The Morgan fingerprint density at radius 2 is 1.81 bits per heavy atom. The van der Waals surface area contributed by atoms with Gasteiger partial charge in [-0.2, -0.15) is 5.10 Å². The van der Waals surface area contributed by atoms with Crippen molar-refractivity contribution in [1.29, 1.82) is 0 Å². The van der Waals surface area contributed by atoms with Crippen molar-refractivity contribution in [3.63, 3.8) is 0 Å². The summed E-state index contributed by atoms with van der Waals surface area (Å²) in [5.41, 5.74) is 3.83. The number of amides is 1. The van der Waals surface area contributed by atoms with Crippen molar-refractivity contribution in [3.05, 3.63) is 70.3 Å². The highest BCUT2D eigenvalue weighted by Crippen LogP contribution is 2.25. The predicted molar refractivity (Wildman–Crippen MR) is 115 cm³/mol. The molecule has 0 aliphatic carbocycles. The number of likely N-dealkylation sites (N-methyl/N-ethyl adjacent to an activating group) is 1. The number of aryl methyl sites for hydroxylation is 1. The average molecular weight is 399 g/mol. The third kappa shape index (κ3) is 5.24. The zero-order chi connectivity index (χ0) is 19.2. The first-order chi connectivity index (χ1) is 13.1. The number of carbonyl (C=O) groups excluding carboxylic acids is 1. The number of halogens is 1. The van der Waals surface area contributed by atoms with Gasteiger partial charge in [-0.15, -0.1) is 11.8 Å². The molecule has 0 saturated carbocycles. The van der Waals surface area contributed by atoms with Crippen molar-refractivity contribution in [3.8, 4) is 0 Å². The van der Waals surface area contributed by atoms with Crippen molar-refractivity contribution in [2.24, 2.45) is 5.10 Å². The lowest BCUT2D eigenvalue weighted by molar-refractivity contribution is -0.124. The molecule has 3 rings (SSSR count). The highest BCUT2D eigenvalue weighted by molar-refractivity contribution is 8.00. The highest BCUT2D eigenvalue weighted by Gasteiger charge is 2.27. The van der Waals surface area contributed by atoms with Gasteiger partial charge < -0.3 is 0 Å². The van der Waals surface area contributed by atoms with Crippen LogP contribution in [0.25, 0.3) is 6.08 Å². The first kappa shape index (κ1) is 19.7. The van der Waals surface area contributed by atoms with Crippen molar-refractivity contribution < 1.29 is 4.79 Å². The topological polar surface area (TPSA) is 32.7 Å². The maximum absolute atomic E-state index is 12.5. The quantitative estimate of drug-likeness (QED) is 0.443. The Kier molecular flexibility index (Phi) is 6.75. The number of nitrogens with zero attached hydrogens (tertiary/aromatic N) is 2. The Morgan fingerprint density at radius 1 is 1.11 bits per heavy atom. The standard InChI is InChI=1S/C22H23ClN2OS/c1-3-4-5-16-6-8-17(9-7-16)14-20-21(24-25(2)22(20)26)15-27-19-12-10-18(23)11-13-19/h6-14H,3-5,15H2,1-2H3/b20-14+. The first-order valence-corrected chi connectivity index (χ1v) is 10.5. The summed E-state index contributed by atoms with van der Waals surface area (Å²) in [4.78, 5) is 13.6. The summed E-state index contributed by atoms with van der Waals surface area (Å²) < 4.78 is 0. The Balaban J connectivity index is 1.73. The molecule has 0 spiro atoms. The highest BCUT2D eigenvalue weighted by atomic mass is 35.5. The predicted octanol–water partition coefficient (Wildman–Crippen LogP) is 5.69. The Bertz CT molecular complexity index is 857. The van der Waals surface area contributed by atoms with Crippen LogP contribution in [0.4, 0.5) is 0 Å². The van der Waals surface area contributed by atoms with Gasteiger partial charge in [-0.05, 0) is 54.3 Å². The fourth-order valence-corrected chi connectivity index (χ4v) is 3.81. The molecule has 1 aliphatic rings. The second-order valence-electron chi connectivity index (χ2n) is 6.52. The molecule has 5 heteroatoms. The van der Waals surface area contributed by atoms with Crippen LogP contribution >= 0.6 is 23.4 Å². The van der Waals surface area contributed by atoms with Gasteiger partial charge in [0.05, 0.1) is 11.3 Å². The Hall–Kier alpha value is -2.04. The van der Waals surface area contributed by atoms with E-state index in [0.29, 0.717) is 11.3 Å². The Labute approximate surface area is 170 Å². The lowest BCUT2D eigenvalue weighted by Crippen LogP contribution is -2.17. The van der Waals surface area contributed by atoms with E-state index >= 15 is 0 Å². The van der Waals surface area contributed by atoms with Crippen molar-refractivity contribution in [1.82, 2.24) is 5.01 Å². The van der Waals surface area contributed by atoms with E-state index in [1.807, 2.05) is 30.3 Å². The smallest absolute Gasteiger partial charge is 0.267 e. The molecule has 27 heavy (non-hydrogen) atoms. The van der Waals surface area contributed by atoms with Gasteiger partial charge in [-0.1, -0.05) is 49.2 Å². The van der Waals surface area contributed by atoms with Crippen molar-refractivity contribution >= 4 is 41.1 Å². The van der Waals surface area contributed by atoms with Crippen LogP contribution in [-0.2, 0) is 11.2 Å². The summed E-state index contributed by atoms with van der Waals surface area (Å²) in [5, 5.41) is 6.56. The summed E-state index contributed by atoms with van der Waals surface area (Å²) in [5.74, 6) is 0.578. The van der Waals surface area contributed by atoms with E-state index in [0.717, 1.165) is 27.6 Å². The van der Waals surface area contributed by atoms with E-state index in [9.17, 15) is 4.79 Å². The fraction of sp³-hybridized carbons (Fsp3) is 0.273. The van der Waals surface area contributed by atoms with Gasteiger partial charge >= 0.3 is 0 Å². The van der Waals surface area contributed by atoms with Crippen LogP contribution in [0.5, 0.6) is 0 Å². The number of rotatable bonds is 7. The third-order valence-corrected chi connectivity index (χ3v) is 5.68. The second kappa shape index (κ2) is 9.25. The van der Waals surface area contributed by atoms with E-state index in [1.165, 1.54) is 23.4 Å². The molecule has 1 heterocycles. The van der Waals surface area contributed by atoms with E-state index in [1.54, 1.807) is 18.8 Å². The van der Waals surface area contributed by atoms with E-state index < -0.39 is 0 Å². The minimum absolute atomic E-state index is 0.0586. The molecule has 0 saturated heterocycles. The van der Waals surface area contributed by atoms with Gasteiger partial charge in [-0.3, -0.25) is 4.79 Å². The van der Waals surface area contributed by atoms with Crippen LogP contribution in [-0.4, -0.2) is 29.4 Å². The zero-order valence-electron chi connectivity index (χ0n) is 15.6. The number of unbranched alkanes of at least 4 members (excludes halogenated alkanes) is 1. The summed E-state index contributed by atoms with van der Waals surface area (Å²) in [6.45, 7) is 2.20. The zero-order valence-corrected chi connectivity index (χ0v) is 17.2. The minimum atomic E-state index is -0.0586. The number of carbonyl (C=O) groups is 1. The summed E-state index contributed by atoms with van der Waals surface area (Å²) in [6.07, 6.45) is 5.43. The molecule has 1 amide bonds. The maximum Gasteiger partial charge on any atom is 0.275 e. The number of benzene rings is 2. The van der Waals surface area contributed by atoms with Gasteiger partial charge in [0, 0.05) is 22.7 Å². The number of hydrazone groups is 1. The van der Waals surface area contributed by atoms with E-state index in [4.69, 9.17) is 11.6 Å². The number of hydrogen-bond donors (Lipinski definition) is 0. The van der Waals surface area contributed by atoms with Crippen LogP contribution in [0.1, 0.15) is 30.9 Å². The molecular weight excluding hydrogens is 376 g/mol. The molecule has 2 aromatic rings. The van der Waals surface area contributed by atoms with Gasteiger partial charge in [-0.25, -0.2) is 5.01 Å². The molecule has 0 bridgehead atoms. The molecule has 0 aromatic heterocycles. The molecule has 0 N–H and O–H groups in total. The molecule has 1 aliphatic heterocycles. The second-order valence-corrected chi connectivity index (χ2v) is 8.01. The van der Waals surface area contributed by atoms with Gasteiger partial charge in [0.1, 0.15) is 0 Å². The fourth-order valence-electron chi connectivity index (χ4n) is 2.84. The van der Waals surface area contributed by atoms with Crippen molar-refractivity contribution in [2.75, 3.05) is 12.8 Å².